The minimum Gasteiger partial charge on any atom is -0.486 e. The van der Waals surface area contributed by atoms with E-state index in [-0.39, 0.29) is 5.97 Å². The highest BCUT2D eigenvalue weighted by atomic mass is 16.5. The van der Waals surface area contributed by atoms with Crippen LogP contribution in [0.1, 0.15) is 36.2 Å². The van der Waals surface area contributed by atoms with Crippen molar-refractivity contribution in [1.82, 2.24) is 0 Å². The molecule has 0 N–H and O–H groups in total. The Bertz CT molecular complexity index is 518. The van der Waals surface area contributed by atoms with E-state index in [1.165, 1.54) is 0 Å². The van der Waals surface area contributed by atoms with Crippen molar-refractivity contribution in [2.24, 2.45) is 0 Å². The van der Waals surface area contributed by atoms with E-state index in [4.69, 9.17) is 14.7 Å². The molecule has 1 aromatic rings. The van der Waals surface area contributed by atoms with Gasteiger partial charge in [-0.2, -0.15) is 5.26 Å². The van der Waals surface area contributed by atoms with Crippen LogP contribution in [0.3, 0.4) is 0 Å². The molecule has 0 radical (unpaired) electrons. The minimum atomic E-state index is -0.482. The summed E-state index contributed by atoms with van der Waals surface area (Å²) in [6.07, 6.45) is 0.972. The summed E-state index contributed by atoms with van der Waals surface area (Å²) in [5.74, 6) is 0.426. The van der Waals surface area contributed by atoms with Gasteiger partial charge in [-0.05, 0) is 37.6 Å². The monoisotopic (exact) mass is 245 g/mol. The zero-order chi connectivity index (χ0) is 13.2. The van der Waals surface area contributed by atoms with Crippen LogP contribution in [0.15, 0.2) is 18.2 Å². The van der Waals surface area contributed by atoms with Crippen LogP contribution >= 0.6 is 0 Å². The van der Waals surface area contributed by atoms with Gasteiger partial charge in [0.2, 0.25) is 0 Å². The standard InChI is InChI=1S/C14H15NO3/c1-3-17-13(16)10-4-5-12-11(8-10)9-14(2,18-12)6-7-15/h4-5,8H,3,6,9H2,1-2H3. The molecule has 0 aliphatic carbocycles. The number of carbonyl (C=O) groups is 1. The van der Waals surface area contributed by atoms with E-state index >= 15 is 0 Å². The van der Waals surface area contributed by atoms with Crippen molar-refractivity contribution in [2.45, 2.75) is 32.3 Å². The third kappa shape index (κ3) is 2.30. The normalized spacial score (nSPS) is 20.7. The Kier molecular flexibility index (Phi) is 3.24. The van der Waals surface area contributed by atoms with Gasteiger partial charge in [0.15, 0.2) is 0 Å². The summed E-state index contributed by atoms with van der Waals surface area (Å²) in [6.45, 7) is 4.04. The number of nitriles is 1. The molecule has 1 aliphatic rings. The van der Waals surface area contributed by atoms with Crippen molar-refractivity contribution in [3.63, 3.8) is 0 Å². The first-order valence-electron chi connectivity index (χ1n) is 5.94. The number of nitrogens with zero attached hydrogens (tertiary/aromatic N) is 1. The summed E-state index contributed by atoms with van der Waals surface area (Å²) in [5, 5.41) is 8.78. The number of rotatable bonds is 3. The first-order chi connectivity index (χ1) is 8.58. The number of benzene rings is 1. The van der Waals surface area contributed by atoms with Gasteiger partial charge in [-0.3, -0.25) is 0 Å². The topological polar surface area (TPSA) is 59.3 Å². The van der Waals surface area contributed by atoms with Gasteiger partial charge < -0.3 is 9.47 Å². The molecule has 2 rings (SSSR count). The molecule has 4 nitrogen and oxygen atoms in total. The average Bonchev–Trinajstić information content (AvgIpc) is 2.64. The third-order valence-electron chi connectivity index (χ3n) is 2.95. The van der Waals surface area contributed by atoms with E-state index in [2.05, 4.69) is 6.07 Å². The molecule has 1 heterocycles. The molecular formula is C14H15NO3. The van der Waals surface area contributed by atoms with Gasteiger partial charge in [0.1, 0.15) is 11.4 Å². The lowest BCUT2D eigenvalue weighted by molar-refractivity contribution is 0.0526. The van der Waals surface area contributed by atoms with Gasteiger partial charge in [0.05, 0.1) is 24.7 Å². The smallest absolute Gasteiger partial charge is 0.338 e. The number of hydrogen-bond acceptors (Lipinski definition) is 4. The number of hydrogen-bond donors (Lipinski definition) is 0. The maximum Gasteiger partial charge on any atom is 0.338 e. The van der Waals surface area contributed by atoms with E-state index < -0.39 is 5.60 Å². The second kappa shape index (κ2) is 4.69. The minimum absolute atomic E-state index is 0.325. The lowest BCUT2D eigenvalue weighted by atomic mass is 9.96. The second-order valence-electron chi connectivity index (χ2n) is 4.61. The zero-order valence-corrected chi connectivity index (χ0v) is 10.5. The van der Waals surface area contributed by atoms with Crippen molar-refractivity contribution in [3.05, 3.63) is 29.3 Å². The average molecular weight is 245 g/mol. The molecule has 4 heteroatoms. The Hall–Kier alpha value is -2.02. The van der Waals surface area contributed by atoms with Gasteiger partial charge in [-0.15, -0.1) is 0 Å². The molecule has 18 heavy (non-hydrogen) atoms. The molecule has 0 saturated carbocycles. The second-order valence-corrected chi connectivity index (χ2v) is 4.61. The molecule has 0 amide bonds. The van der Waals surface area contributed by atoms with E-state index in [0.29, 0.717) is 25.0 Å². The van der Waals surface area contributed by atoms with Crippen LogP contribution in [0.2, 0.25) is 0 Å². The summed E-state index contributed by atoms with van der Waals surface area (Å²) in [6, 6.07) is 7.37. The fraction of sp³-hybridized carbons (Fsp3) is 0.429. The van der Waals surface area contributed by atoms with Crippen LogP contribution in [0.25, 0.3) is 0 Å². The Balaban J connectivity index is 2.22. The zero-order valence-electron chi connectivity index (χ0n) is 10.5. The number of ether oxygens (including phenoxy) is 2. The lowest BCUT2D eigenvalue weighted by Gasteiger charge is -2.19. The van der Waals surface area contributed by atoms with E-state index in [1.807, 2.05) is 6.92 Å². The highest BCUT2D eigenvalue weighted by Gasteiger charge is 2.35. The summed E-state index contributed by atoms with van der Waals surface area (Å²) >= 11 is 0. The fourth-order valence-electron chi connectivity index (χ4n) is 2.13. The fourth-order valence-corrected chi connectivity index (χ4v) is 2.13. The van der Waals surface area contributed by atoms with Crippen molar-refractivity contribution in [3.8, 4) is 11.8 Å². The number of fused-ring (bicyclic) bond motifs is 1. The van der Waals surface area contributed by atoms with Gasteiger partial charge in [0, 0.05) is 6.42 Å². The van der Waals surface area contributed by atoms with Crippen molar-refractivity contribution in [1.29, 1.82) is 5.26 Å². The Morgan fingerprint density at radius 2 is 2.39 bits per heavy atom. The van der Waals surface area contributed by atoms with Crippen LogP contribution in [-0.4, -0.2) is 18.2 Å². The molecule has 0 aromatic heterocycles. The third-order valence-corrected chi connectivity index (χ3v) is 2.95. The molecular weight excluding hydrogens is 230 g/mol. The molecule has 0 fully saturated rings. The van der Waals surface area contributed by atoms with Crippen molar-refractivity contribution >= 4 is 5.97 Å². The Labute approximate surface area is 106 Å². The first kappa shape index (κ1) is 12.4. The Morgan fingerprint density at radius 1 is 1.61 bits per heavy atom. The van der Waals surface area contributed by atoms with Crippen LogP contribution in [0.4, 0.5) is 0 Å². The predicted octanol–water partition coefficient (Wildman–Crippen LogP) is 2.47. The van der Waals surface area contributed by atoms with Crippen molar-refractivity contribution < 1.29 is 14.3 Å². The van der Waals surface area contributed by atoms with Crippen LogP contribution in [0.5, 0.6) is 5.75 Å². The molecule has 1 atom stereocenters. The van der Waals surface area contributed by atoms with E-state index in [9.17, 15) is 4.79 Å². The maximum absolute atomic E-state index is 11.6. The molecule has 0 bridgehead atoms. The maximum atomic E-state index is 11.6. The Morgan fingerprint density at radius 3 is 3.06 bits per heavy atom. The molecule has 94 valence electrons. The number of carbonyl (C=O) groups excluding carboxylic acids is 1. The van der Waals surface area contributed by atoms with Crippen LogP contribution in [0, 0.1) is 11.3 Å². The van der Waals surface area contributed by atoms with E-state index in [1.54, 1.807) is 25.1 Å². The molecule has 1 aromatic carbocycles. The molecule has 0 saturated heterocycles. The quantitative estimate of drug-likeness (QED) is 0.767. The molecule has 1 unspecified atom stereocenters. The van der Waals surface area contributed by atoms with E-state index in [0.717, 1.165) is 11.3 Å². The van der Waals surface area contributed by atoms with Gasteiger partial charge in [-0.25, -0.2) is 4.79 Å². The van der Waals surface area contributed by atoms with Crippen LogP contribution < -0.4 is 4.74 Å². The van der Waals surface area contributed by atoms with Gasteiger partial charge in [0.25, 0.3) is 0 Å². The lowest BCUT2D eigenvalue weighted by Crippen LogP contribution is -2.29. The summed E-state index contributed by atoms with van der Waals surface area (Å²) in [5.41, 5.74) is 1.00. The summed E-state index contributed by atoms with van der Waals surface area (Å²) in [4.78, 5) is 11.6. The van der Waals surface area contributed by atoms with Gasteiger partial charge >= 0.3 is 5.97 Å². The molecule has 1 aliphatic heterocycles. The van der Waals surface area contributed by atoms with Crippen molar-refractivity contribution in [2.75, 3.05) is 6.61 Å². The highest BCUT2D eigenvalue weighted by molar-refractivity contribution is 5.90. The largest absolute Gasteiger partial charge is 0.486 e. The summed E-state index contributed by atoms with van der Waals surface area (Å²) < 4.78 is 10.7. The number of esters is 1. The van der Waals surface area contributed by atoms with Gasteiger partial charge in [-0.1, -0.05) is 0 Å². The SMILES string of the molecule is CCOC(=O)c1ccc2c(c1)CC(C)(CC#N)O2. The molecule has 0 spiro atoms. The van der Waals surface area contributed by atoms with Crippen LogP contribution in [-0.2, 0) is 11.2 Å². The highest BCUT2D eigenvalue weighted by Crippen LogP contribution is 2.37. The summed E-state index contributed by atoms with van der Waals surface area (Å²) in [7, 11) is 0. The predicted molar refractivity (Wildman–Crippen MR) is 65.4 cm³/mol. The first-order valence-corrected chi connectivity index (χ1v) is 5.94.